The normalized spacial score (nSPS) is 27.4. The molecule has 1 N–H and O–H groups in total. The molecule has 164 valence electrons. The summed E-state index contributed by atoms with van der Waals surface area (Å²) in [5.41, 5.74) is 7.41. The lowest BCUT2D eigenvalue weighted by atomic mass is 9.54. The lowest BCUT2D eigenvalue weighted by Gasteiger charge is -2.47. The maximum atomic E-state index is 13.4. The summed E-state index contributed by atoms with van der Waals surface area (Å²) in [5.74, 6) is -1.92. The number of allylic oxidation sites excluding steroid dienone is 2. The molecule has 1 spiro atoms. The van der Waals surface area contributed by atoms with Crippen molar-refractivity contribution in [1.29, 1.82) is 0 Å². The van der Waals surface area contributed by atoms with Crippen LogP contribution in [0.1, 0.15) is 81.2 Å². The van der Waals surface area contributed by atoms with Crippen molar-refractivity contribution in [3.05, 3.63) is 64.0 Å². The third kappa shape index (κ3) is 3.37. The summed E-state index contributed by atoms with van der Waals surface area (Å²) >= 11 is 0. The van der Waals surface area contributed by atoms with Crippen molar-refractivity contribution in [3.8, 4) is 0 Å². The number of aromatic nitrogens is 2. The number of aryl methyl sites for hydroxylation is 1. The van der Waals surface area contributed by atoms with Crippen molar-refractivity contribution in [2.75, 3.05) is 0 Å². The highest BCUT2D eigenvalue weighted by molar-refractivity contribution is 6.02. The molecule has 4 aliphatic rings. The highest BCUT2D eigenvalue weighted by Gasteiger charge is 2.51. The molecular weight excluding hydrogens is 394 g/mol. The first-order chi connectivity index (χ1) is 14.7. The average Bonchev–Trinajstić information content (AvgIpc) is 3.15. The molecule has 1 atom stereocenters. The van der Waals surface area contributed by atoms with Gasteiger partial charge < -0.3 is 0 Å². The Bertz CT molecular complexity index is 1060. The number of Topliss-reactive ketones (excluding diaryl/α,β-unsaturated/α-hetero) is 1. The Morgan fingerprint density at radius 3 is 2.45 bits per heavy atom. The predicted octanol–water partition coefficient (Wildman–Crippen LogP) is 6.08. The van der Waals surface area contributed by atoms with Gasteiger partial charge in [-0.15, -0.1) is 0 Å². The van der Waals surface area contributed by atoms with E-state index in [2.05, 4.69) is 48.3 Å². The van der Waals surface area contributed by atoms with Crippen molar-refractivity contribution >= 4 is 5.78 Å². The maximum Gasteiger partial charge on any atom is 0.248 e. The van der Waals surface area contributed by atoms with Crippen LogP contribution in [-0.2, 0) is 23.1 Å². The second-order valence-corrected chi connectivity index (χ2v) is 10.5. The number of nitrogens with one attached hydrogen (secondary N) is 1. The summed E-state index contributed by atoms with van der Waals surface area (Å²) in [4.78, 5) is 13.4. The number of carbonyl (C=O) groups excluding carboxylic acids is 1. The molecule has 1 aromatic heterocycles. The number of alkyl halides is 2. The molecule has 5 heteroatoms. The molecule has 2 aromatic rings. The summed E-state index contributed by atoms with van der Waals surface area (Å²) in [6.07, 6.45) is 8.69. The smallest absolute Gasteiger partial charge is 0.248 e. The van der Waals surface area contributed by atoms with E-state index in [-0.39, 0.29) is 23.7 Å². The van der Waals surface area contributed by atoms with E-state index in [1.807, 2.05) is 6.20 Å². The van der Waals surface area contributed by atoms with Gasteiger partial charge in [-0.2, -0.15) is 5.10 Å². The highest BCUT2D eigenvalue weighted by atomic mass is 19.3. The summed E-state index contributed by atoms with van der Waals surface area (Å²) < 4.78 is 23.1. The van der Waals surface area contributed by atoms with E-state index in [1.165, 1.54) is 28.0 Å². The van der Waals surface area contributed by atoms with Gasteiger partial charge in [0, 0.05) is 42.5 Å². The van der Waals surface area contributed by atoms with Crippen LogP contribution in [0.2, 0.25) is 0 Å². The second kappa shape index (κ2) is 7.11. The first-order valence-electron chi connectivity index (χ1n) is 11.5. The van der Waals surface area contributed by atoms with Crippen LogP contribution in [0.3, 0.4) is 0 Å². The monoisotopic (exact) mass is 424 g/mol. The minimum absolute atomic E-state index is 0.0583. The molecule has 0 amide bonds. The van der Waals surface area contributed by atoms with Gasteiger partial charge >= 0.3 is 0 Å². The van der Waals surface area contributed by atoms with Crippen molar-refractivity contribution in [3.63, 3.8) is 0 Å². The first kappa shape index (κ1) is 20.6. The summed E-state index contributed by atoms with van der Waals surface area (Å²) in [5, 5.41) is 7.62. The lowest BCUT2D eigenvalue weighted by Crippen LogP contribution is -2.44. The van der Waals surface area contributed by atoms with Crippen LogP contribution in [-0.4, -0.2) is 21.9 Å². The maximum absolute atomic E-state index is 13.4. The van der Waals surface area contributed by atoms with Gasteiger partial charge in [0.25, 0.3) is 0 Å². The Hall–Kier alpha value is -2.30. The van der Waals surface area contributed by atoms with Crippen LogP contribution < -0.4 is 0 Å². The van der Waals surface area contributed by atoms with Crippen LogP contribution in [0.4, 0.5) is 8.78 Å². The third-order valence-corrected chi connectivity index (χ3v) is 7.52. The van der Waals surface area contributed by atoms with Gasteiger partial charge in [0.05, 0.1) is 11.6 Å². The van der Waals surface area contributed by atoms with Crippen LogP contribution in [0.15, 0.2) is 41.6 Å². The molecular formula is C26H30F2N2O. The standard InChI is InChI=1S/C22H24N2O.C4H6F2/c1-21(2)11-15-10-18-17(13-23-24-18)22(20(15)19(25)12-21)9-5-7-14-6-3-4-8-16(14)22;5-4(6)2-1-3-4/h3-4,6,8,13H,5,7,9-12H2,1-2H3,(H,23,24);1-3H2. The minimum atomic E-state index is -2.28. The molecule has 0 saturated heterocycles. The largest absolute Gasteiger partial charge is 0.294 e. The molecule has 0 bridgehead atoms. The van der Waals surface area contributed by atoms with E-state index >= 15 is 0 Å². The number of rotatable bonds is 0. The third-order valence-electron chi connectivity index (χ3n) is 7.52. The number of benzene rings is 1. The van der Waals surface area contributed by atoms with Gasteiger partial charge in [0.15, 0.2) is 5.78 Å². The first-order valence-corrected chi connectivity index (χ1v) is 11.5. The molecule has 4 aliphatic carbocycles. The SMILES string of the molecule is CC1(C)CC(=O)C2=C(Cc3[nH]ncc3C23CCCc2ccccc23)C1.FC1(F)CCC1. The fourth-order valence-electron chi connectivity index (χ4n) is 6.12. The Kier molecular flexibility index (Phi) is 4.72. The van der Waals surface area contributed by atoms with Crippen molar-refractivity contribution in [2.45, 2.75) is 83.0 Å². The number of fused-ring (bicyclic) bond motifs is 5. The summed E-state index contributed by atoms with van der Waals surface area (Å²) in [6.45, 7) is 4.44. The zero-order valence-corrected chi connectivity index (χ0v) is 18.4. The van der Waals surface area contributed by atoms with Gasteiger partial charge in [-0.1, -0.05) is 43.7 Å². The number of halogens is 2. The molecule has 31 heavy (non-hydrogen) atoms. The van der Waals surface area contributed by atoms with Gasteiger partial charge in [-0.3, -0.25) is 9.89 Å². The van der Waals surface area contributed by atoms with Crippen molar-refractivity contribution < 1.29 is 13.6 Å². The number of nitrogens with zero attached hydrogens (tertiary/aromatic N) is 1. The van der Waals surface area contributed by atoms with Crippen molar-refractivity contribution in [1.82, 2.24) is 10.2 Å². The van der Waals surface area contributed by atoms with Crippen molar-refractivity contribution in [2.24, 2.45) is 5.41 Å². The number of carbonyl (C=O) groups is 1. The molecule has 1 fully saturated rings. The van der Waals surface area contributed by atoms with Gasteiger partial charge in [0.1, 0.15) is 0 Å². The minimum Gasteiger partial charge on any atom is -0.294 e. The number of ketones is 1. The Labute approximate surface area is 182 Å². The Morgan fingerprint density at radius 2 is 1.74 bits per heavy atom. The van der Waals surface area contributed by atoms with E-state index in [4.69, 9.17) is 0 Å². The van der Waals surface area contributed by atoms with Gasteiger partial charge in [-0.05, 0) is 48.6 Å². The molecule has 1 aromatic carbocycles. The predicted molar refractivity (Wildman–Crippen MR) is 116 cm³/mol. The average molecular weight is 425 g/mol. The number of H-pyrrole nitrogens is 1. The van der Waals surface area contributed by atoms with E-state index in [0.717, 1.165) is 37.7 Å². The fourth-order valence-corrected chi connectivity index (χ4v) is 6.12. The topological polar surface area (TPSA) is 45.8 Å². The number of hydrogen-bond donors (Lipinski definition) is 1. The Morgan fingerprint density at radius 1 is 1.00 bits per heavy atom. The van der Waals surface area contributed by atoms with E-state index in [1.54, 1.807) is 0 Å². The molecule has 0 radical (unpaired) electrons. The quantitative estimate of drug-likeness (QED) is 0.557. The molecule has 6 rings (SSSR count). The van der Waals surface area contributed by atoms with Crippen LogP contribution in [0.5, 0.6) is 0 Å². The molecule has 1 unspecified atom stereocenters. The number of aromatic amines is 1. The zero-order chi connectivity index (χ0) is 21.9. The number of hydrogen-bond acceptors (Lipinski definition) is 2. The molecule has 1 heterocycles. The van der Waals surface area contributed by atoms with Crippen LogP contribution in [0.25, 0.3) is 0 Å². The summed E-state index contributed by atoms with van der Waals surface area (Å²) in [6, 6.07) is 8.73. The fraction of sp³-hybridized carbons (Fsp3) is 0.538. The van der Waals surface area contributed by atoms with E-state index in [0.29, 0.717) is 18.6 Å². The second-order valence-electron chi connectivity index (χ2n) is 10.5. The van der Waals surface area contributed by atoms with Crippen LogP contribution in [0, 0.1) is 5.41 Å². The lowest BCUT2D eigenvalue weighted by molar-refractivity contribution is -0.118. The van der Waals surface area contributed by atoms with E-state index in [9.17, 15) is 13.6 Å². The molecule has 1 saturated carbocycles. The van der Waals surface area contributed by atoms with Gasteiger partial charge in [-0.25, -0.2) is 8.78 Å². The van der Waals surface area contributed by atoms with Gasteiger partial charge in [0.2, 0.25) is 5.92 Å². The van der Waals surface area contributed by atoms with Crippen LogP contribution >= 0.6 is 0 Å². The zero-order valence-electron chi connectivity index (χ0n) is 18.4. The highest BCUT2D eigenvalue weighted by Crippen LogP contribution is 2.56. The van der Waals surface area contributed by atoms with E-state index < -0.39 is 5.92 Å². The Balaban J connectivity index is 0.000000296. The molecule has 0 aliphatic heterocycles. The molecule has 3 nitrogen and oxygen atoms in total. The summed E-state index contributed by atoms with van der Waals surface area (Å²) in [7, 11) is 0.